The predicted octanol–water partition coefficient (Wildman–Crippen LogP) is 2.19. The van der Waals surface area contributed by atoms with Crippen molar-refractivity contribution in [2.75, 3.05) is 12.9 Å². The van der Waals surface area contributed by atoms with Crippen LogP contribution in [0.5, 0.6) is 0 Å². The number of carbonyl (C=O) groups excluding carboxylic acids is 2. The second-order valence-corrected chi connectivity index (χ2v) is 9.66. The molecule has 0 aliphatic carbocycles. The largest absolute Gasteiger partial charge is 0.394 e. The van der Waals surface area contributed by atoms with Crippen molar-refractivity contribution < 1.29 is 23.1 Å². The summed E-state index contributed by atoms with van der Waals surface area (Å²) in [6, 6.07) is 18.2. The Labute approximate surface area is 192 Å². The minimum Gasteiger partial charge on any atom is -0.394 e. The molecule has 0 aliphatic rings. The lowest BCUT2D eigenvalue weighted by Crippen LogP contribution is -2.36. The first kappa shape index (κ1) is 24.1. The lowest BCUT2D eigenvalue weighted by molar-refractivity contribution is 0.0916. The van der Waals surface area contributed by atoms with Gasteiger partial charge >= 0.3 is 0 Å². The zero-order valence-electron chi connectivity index (χ0n) is 18.3. The van der Waals surface area contributed by atoms with Crippen LogP contribution in [-0.2, 0) is 16.4 Å². The highest BCUT2D eigenvalue weighted by Crippen LogP contribution is 2.21. The molecule has 1 heterocycles. The van der Waals surface area contributed by atoms with E-state index in [0.717, 1.165) is 11.8 Å². The maximum absolute atomic E-state index is 12.8. The average Bonchev–Trinajstić information content (AvgIpc) is 2.82. The third kappa shape index (κ3) is 6.47. The molecule has 0 saturated carbocycles. The molecule has 0 spiro atoms. The second kappa shape index (κ2) is 10.4. The smallest absolute Gasteiger partial charge is 0.270 e. The van der Waals surface area contributed by atoms with E-state index in [2.05, 4.69) is 15.6 Å². The number of hydrogen-bond acceptors (Lipinski definition) is 6. The van der Waals surface area contributed by atoms with E-state index in [1.54, 1.807) is 31.2 Å². The van der Waals surface area contributed by atoms with Gasteiger partial charge < -0.3 is 15.7 Å². The number of carbonyl (C=O) groups is 2. The van der Waals surface area contributed by atoms with Crippen molar-refractivity contribution in [3.8, 4) is 11.1 Å². The van der Waals surface area contributed by atoms with Crippen LogP contribution in [0.25, 0.3) is 11.1 Å². The van der Waals surface area contributed by atoms with E-state index in [9.17, 15) is 23.1 Å². The minimum absolute atomic E-state index is 0.0549. The van der Waals surface area contributed by atoms with E-state index < -0.39 is 27.7 Å². The highest BCUT2D eigenvalue weighted by molar-refractivity contribution is 7.90. The molecule has 0 saturated heterocycles. The van der Waals surface area contributed by atoms with Crippen molar-refractivity contribution in [3.05, 3.63) is 83.7 Å². The molecule has 1 atom stereocenters. The lowest BCUT2D eigenvalue weighted by Gasteiger charge is -2.13. The van der Waals surface area contributed by atoms with E-state index in [-0.39, 0.29) is 29.4 Å². The summed E-state index contributed by atoms with van der Waals surface area (Å²) >= 11 is 0. The Morgan fingerprint density at radius 2 is 1.55 bits per heavy atom. The minimum atomic E-state index is -3.30. The SMILES string of the molecule is C[C@@H](CO)NC(=O)c1cc(-c2ccccc2)cc(C(=O)NCc2ccc(S(C)(=O)=O)cc2)n1. The number of benzene rings is 2. The van der Waals surface area contributed by atoms with Crippen LogP contribution in [0.2, 0.25) is 0 Å². The van der Waals surface area contributed by atoms with Crippen molar-refractivity contribution in [2.45, 2.75) is 24.4 Å². The lowest BCUT2D eigenvalue weighted by atomic mass is 10.0. The molecule has 0 aliphatic heterocycles. The Bertz CT molecular complexity index is 1240. The van der Waals surface area contributed by atoms with Gasteiger partial charge in [-0.2, -0.15) is 0 Å². The molecule has 2 aromatic carbocycles. The third-order valence-corrected chi connectivity index (χ3v) is 5.98. The van der Waals surface area contributed by atoms with Crippen LogP contribution in [0.15, 0.2) is 71.6 Å². The molecule has 0 fully saturated rings. The van der Waals surface area contributed by atoms with Crippen LogP contribution in [0.4, 0.5) is 0 Å². The standard InChI is InChI=1S/C24H25N3O5S/c1-16(15-28)26-24(30)22-13-19(18-6-4-3-5-7-18)12-21(27-22)23(29)25-14-17-8-10-20(11-9-17)33(2,31)32/h3-13,16,28H,14-15H2,1-2H3,(H,25,29)(H,26,30)/t16-/m0/s1. The Morgan fingerprint density at radius 3 is 2.12 bits per heavy atom. The number of aromatic nitrogens is 1. The number of rotatable bonds is 8. The molecule has 9 heteroatoms. The van der Waals surface area contributed by atoms with Gasteiger partial charge in [0.2, 0.25) is 0 Å². The first-order valence-corrected chi connectivity index (χ1v) is 12.1. The molecule has 33 heavy (non-hydrogen) atoms. The summed E-state index contributed by atoms with van der Waals surface area (Å²) in [5.41, 5.74) is 2.29. The van der Waals surface area contributed by atoms with Crippen molar-refractivity contribution in [3.63, 3.8) is 0 Å². The first-order valence-electron chi connectivity index (χ1n) is 10.2. The van der Waals surface area contributed by atoms with Crippen molar-refractivity contribution in [2.24, 2.45) is 0 Å². The van der Waals surface area contributed by atoms with Crippen LogP contribution in [0.3, 0.4) is 0 Å². The molecule has 3 aromatic rings. The molecule has 0 bridgehead atoms. The van der Waals surface area contributed by atoms with Gasteiger partial charge in [0.15, 0.2) is 9.84 Å². The maximum Gasteiger partial charge on any atom is 0.270 e. The number of nitrogens with one attached hydrogen (secondary N) is 2. The van der Waals surface area contributed by atoms with Gasteiger partial charge in [-0.1, -0.05) is 42.5 Å². The first-order chi connectivity index (χ1) is 15.7. The number of aliphatic hydroxyl groups is 1. The van der Waals surface area contributed by atoms with Gasteiger partial charge in [-0.3, -0.25) is 9.59 Å². The normalized spacial score (nSPS) is 12.1. The van der Waals surface area contributed by atoms with E-state index in [1.807, 2.05) is 30.3 Å². The number of amides is 2. The zero-order valence-corrected chi connectivity index (χ0v) is 19.1. The maximum atomic E-state index is 12.8. The number of sulfone groups is 1. The molecular weight excluding hydrogens is 442 g/mol. The van der Waals surface area contributed by atoms with Crippen LogP contribution >= 0.6 is 0 Å². The quantitative estimate of drug-likeness (QED) is 0.466. The molecule has 3 rings (SSSR count). The zero-order chi connectivity index (χ0) is 24.0. The Morgan fingerprint density at radius 1 is 0.939 bits per heavy atom. The summed E-state index contributed by atoms with van der Waals surface area (Å²) in [5.74, 6) is -0.982. The van der Waals surface area contributed by atoms with Crippen molar-refractivity contribution in [1.29, 1.82) is 0 Å². The summed E-state index contributed by atoms with van der Waals surface area (Å²) < 4.78 is 23.2. The van der Waals surface area contributed by atoms with Gasteiger partial charge in [0.1, 0.15) is 11.4 Å². The van der Waals surface area contributed by atoms with Crippen LogP contribution in [0, 0.1) is 0 Å². The van der Waals surface area contributed by atoms with E-state index in [0.29, 0.717) is 11.1 Å². The summed E-state index contributed by atoms with van der Waals surface area (Å²) in [7, 11) is -3.30. The van der Waals surface area contributed by atoms with Gasteiger partial charge in [-0.05, 0) is 47.9 Å². The number of nitrogens with zero attached hydrogens (tertiary/aromatic N) is 1. The van der Waals surface area contributed by atoms with Crippen LogP contribution in [-0.4, -0.2) is 49.2 Å². The molecule has 0 unspecified atom stereocenters. The Kier molecular flexibility index (Phi) is 7.57. The molecule has 8 nitrogen and oxygen atoms in total. The predicted molar refractivity (Wildman–Crippen MR) is 124 cm³/mol. The number of aliphatic hydroxyl groups excluding tert-OH is 1. The van der Waals surface area contributed by atoms with Crippen LogP contribution < -0.4 is 10.6 Å². The second-order valence-electron chi connectivity index (χ2n) is 7.65. The van der Waals surface area contributed by atoms with E-state index >= 15 is 0 Å². The fraction of sp³-hybridized carbons (Fsp3) is 0.208. The summed E-state index contributed by atoms with van der Waals surface area (Å²) in [6.45, 7) is 1.58. The molecular formula is C24H25N3O5S. The Balaban J connectivity index is 1.84. The van der Waals surface area contributed by atoms with Crippen molar-refractivity contribution >= 4 is 21.7 Å². The topological polar surface area (TPSA) is 125 Å². The van der Waals surface area contributed by atoms with Crippen molar-refractivity contribution in [1.82, 2.24) is 15.6 Å². The number of hydrogen-bond donors (Lipinski definition) is 3. The summed E-state index contributed by atoms with van der Waals surface area (Å²) in [6.07, 6.45) is 1.13. The summed E-state index contributed by atoms with van der Waals surface area (Å²) in [4.78, 5) is 29.9. The molecule has 172 valence electrons. The highest BCUT2D eigenvalue weighted by atomic mass is 32.2. The average molecular weight is 468 g/mol. The monoisotopic (exact) mass is 467 g/mol. The van der Waals surface area contributed by atoms with Crippen LogP contribution in [0.1, 0.15) is 33.5 Å². The van der Waals surface area contributed by atoms with Gasteiger partial charge in [-0.25, -0.2) is 13.4 Å². The van der Waals surface area contributed by atoms with Gasteiger partial charge in [0.25, 0.3) is 11.8 Å². The molecule has 1 aromatic heterocycles. The van der Waals surface area contributed by atoms with Gasteiger partial charge in [-0.15, -0.1) is 0 Å². The Hall–Kier alpha value is -3.56. The van der Waals surface area contributed by atoms with Gasteiger partial charge in [0.05, 0.1) is 11.5 Å². The molecule has 0 radical (unpaired) electrons. The highest BCUT2D eigenvalue weighted by Gasteiger charge is 2.17. The third-order valence-electron chi connectivity index (χ3n) is 4.85. The van der Waals surface area contributed by atoms with Gasteiger partial charge in [0, 0.05) is 18.8 Å². The number of pyridine rings is 1. The fourth-order valence-corrected chi connectivity index (χ4v) is 3.66. The van der Waals surface area contributed by atoms with E-state index in [1.165, 1.54) is 12.1 Å². The van der Waals surface area contributed by atoms with E-state index in [4.69, 9.17) is 0 Å². The fourth-order valence-electron chi connectivity index (χ4n) is 3.03. The molecule has 3 N–H and O–H groups in total. The molecule has 2 amide bonds. The summed E-state index contributed by atoms with van der Waals surface area (Å²) in [5, 5.41) is 14.6.